The number of oxazole rings is 1. The number of halogens is 1. The largest absolute Gasteiger partial charge is 0.447 e. The lowest BCUT2D eigenvalue weighted by molar-refractivity contribution is 0.0718. The lowest BCUT2D eigenvalue weighted by Crippen LogP contribution is -2.35. The number of carbonyl (C=O) groups is 1. The van der Waals surface area contributed by atoms with Crippen LogP contribution in [-0.2, 0) is 13.1 Å². The van der Waals surface area contributed by atoms with Crippen LogP contribution in [0.5, 0.6) is 0 Å². The van der Waals surface area contributed by atoms with Crippen LogP contribution in [0.4, 0.5) is 0 Å². The first-order valence-electron chi connectivity index (χ1n) is 10.9. The summed E-state index contributed by atoms with van der Waals surface area (Å²) in [4.78, 5) is 21.4. The van der Waals surface area contributed by atoms with E-state index in [0.29, 0.717) is 24.7 Å². The molecule has 0 bridgehead atoms. The molecule has 1 aliphatic rings. The highest BCUT2D eigenvalue weighted by Crippen LogP contribution is 2.25. The van der Waals surface area contributed by atoms with E-state index in [1.54, 1.807) is 0 Å². The van der Waals surface area contributed by atoms with Crippen molar-refractivity contribution in [3.63, 3.8) is 0 Å². The lowest BCUT2D eigenvalue weighted by atomic mass is 10.1. The molecule has 1 saturated heterocycles. The summed E-state index contributed by atoms with van der Waals surface area (Å²) in [6.07, 6.45) is 4.79. The van der Waals surface area contributed by atoms with Gasteiger partial charge in [-0.3, -0.25) is 9.69 Å². The van der Waals surface area contributed by atoms with Crippen molar-refractivity contribution in [2.75, 3.05) is 13.1 Å². The first-order valence-corrected chi connectivity index (χ1v) is 11.2. The molecule has 2 heterocycles. The fourth-order valence-electron chi connectivity index (χ4n) is 4.06. The van der Waals surface area contributed by atoms with Crippen molar-refractivity contribution in [2.24, 2.45) is 0 Å². The zero-order chi connectivity index (χ0) is 21.6. The molecule has 4 rings (SSSR count). The minimum atomic E-state index is -0.0350. The Morgan fingerprint density at radius 2 is 1.87 bits per heavy atom. The minimum Gasteiger partial charge on any atom is -0.447 e. The lowest BCUT2D eigenvalue weighted by Gasteiger charge is -2.28. The van der Waals surface area contributed by atoms with E-state index in [9.17, 15) is 4.79 Å². The normalized spacial score (nSPS) is 15.3. The molecule has 2 aromatic carbocycles. The van der Waals surface area contributed by atoms with Gasteiger partial charge in [-0.15, -0.1) is 0 Å². The summed E-state index contributed by atoms with van der Waals surface area (Å²) in [6, 6.07) is 18.4. The average molecular weight is 438 g/mol. The molecule has 1 aromatic heterocycles. The van der Waals surface area contributed by atoms with E-state index in [4.69, 9.17) is 16.0 Å². The highest BCUT2D eigenvalue weighted by atomic mass is 35.5. The highest BCUT2D eigenvalue weighted by molar-refractivity contribution is 6.30. The summed E-state index contributed by atoms with van der Waals surface area (Å²) in [5, 5.41) is 0.718. The van der Waals surface area contributed by atoms with Crippen LogP contribution >= 0.6 is 11.6 Å². The van der Waals surface area contributed by atoms with Gasteiger partial charge in [-0.05, 0) is 49.4 Å². The van der Waals surface area contributed by atoms with Crippen LogP contribution in [0.25, 0.3) is 0 Å². The van der Waals surface area contributed by atoms with Crippen LogP contribution in [0, 0.1) is 0 Å². The van der Waals surface area contributed by atoms with E-state index in [1.807, 2.05) is 41.3 Å². The molecule has 1 unspecified atom stereocenters. The summed E-state index contributed by atoms with van der Waals surface area (Å²) < 4.78 is 5.73. The fraction of sp³-hybridized carbons (Fsp3) is 0.360. The molecule has 1 amide bonds. The molecule has 162 valence electrons. The Hall–Kier alpha value is -2.63. The number of piperidine rings is 1. The van der Waals surface area contributed by atoms with Crippen LogP contribution in [0.2, 0.25) is 5.02 Å². The van der Waals surface area contributed by atoms with Gasteiger partial charge in [0.15, 0.2) is 5.69 Å². The van der Waals surface area contributed by atoms with Crippen molar-refractivity contribution in [3.05, 3.63) is 88.6 Å². The summed E-state index contributed by atoms with van der Waals surface area (Å²) in [6.45, 7) is 4.95. The molecule has 1 fully saturated rings. The molecule has 1 aliphatic heterocycles. The molecular weight excluding hydrogens is 410 g/mol. The predicted octanol–water partition coefficient (Wildman–Crippen LogP) is 5.72. The van der Waals surface area contributed by atoms with E-state index in [1.165, 1.54) is 18.2 Å². The zero-order valence-electron chi connectivity index (χ0n) is 17.8. The molecule has 31 heavy (non-hydrogen) atoms. The fourth-order valence-corrected chi connectivity index (χ4v) is 4.27. The molecule has 3 aromatic rings. The third-order valence-electron chi connectivity index (χ3n) is 5.86. The number of aromatic nitrogens is 1. The minimum absolute atomic E-state index is 0.0350. The molecule has 0 spiro atoms. The Morgan fingerprint density at radius 1 is 1.10 bits per heavy atom. The van der Waals surface area contributed by atoms with Gasteiger partial charge in [0.05, 0.1) is 6.54 Å². The first-order chi connectivity index (χ1) is 15.1. The van der Waals surface area contributed by atoms with Gasteiger partial charge in [0.25, 0.3) is 5.91 Å². The Bertz CT molecular complexity index is 999. The Morgan fingerprint density at radius 3 is 2.61 bits per heavy atom. The van der Waals surface area contributed by atoms with Gasteiger partial charge >= 0.3 is 0 Å². The van der Waals surface area contributed by atoms with E-state index in [-0.39, 0.29) is 11.9 Å². The van der Waals surface area contributed by atoms with Crippen LogP contribution in [0.3, 0.4) is 0 Å². The predicted molar refractivity (Wildman–Crippen MR) is 122 cm³/mol. The van der Waals surface area contributed by atoms with Crippen LogP contribution in [0.15, 0.2) is 65.3 Å². The Balaban J connectivity index is 1.53. The summed E-state index contributed by atoms with van der Waals surface area (Å²) in [7, 11) is 0. The number of hydrogen-bond donors (Lipinski definition) is 0. The number of amides is 1. The second kappa shape index (κ2) is 10.1. The van der Waals surface area contributed by atoms with Crippen molar-refractivity contribution in [3.8, 4) is 0 Å². The molecule has 0 saturated carbocycles. The van der Waals surface area contributed by atoms with Gasteiger partial charge in [0.2, 0.25) is 5.89 Å². The number of carbonyl (C=O) groups excluding carboxylic acids is 1. The van der Waals surface area contributed by atoms with Crippen molar-refractivity contribution in [2.45, 2.75) is 45.3 Å². The smallest absolute Gasteiger partial charge is 0.275 e. The molecule has 1 atom stereocenters. The first kappa shape index (κ1) is 21.6. The van der Waals surface area contributed by atoms with Crippen molar-refractivity contribution >= 4 is 17.5 Å². The second-order valence-electron chi connectivity index (χ2n) is 8.10. The number of rotatable bonds is 7. The third-order valence-corrected chi connectivity index (χ3v) is 6.09. The van der Waals surface area contributed by atoms with Crippen molar-refractivity contribution < 1.29 is 9.21 Å². The van der Waals surface area contributed by atoms with E-state index < -0.39 is 0 Å². The van der Waals surface area contributed by atoms with E-state index >= 15 is 0 Å². The number of hydrogen-bond acceptors (Lipinski definition) is 4. The third kappa shape index (κ3) is 5.54. The molecule has 6 heteroatoms. The molecular formula is C25H28ClN3O2. The van der Waals surface area contributed by atoms with Gasteiger partial charge in [-0.2, -0.15) is 0 Å². The SMILES string of the molecule is CC(c1ccccc1)N(Cc1cccc(Cl)c1)Cc1nc(C(=O)N2CCCCC2)co1. The van der Waals surface area contributed by atoms with Crippen LogP contribution in [-0.4, -0.2) is 33.8 Å². The maximum absolute atomic E-state index is 12.8. The highest BCUT2D eigenvalue weighted by Gasteiger charge is 2.23. The maximum atomic E-state index is 12.8. The molecule has 5 nitrogen and oxygen atoms in total. The summed E-state index contributed by atoms with van der Waals surface area (Å²) in [5.41, 5.74) is 2.72. The van der Waals surface area contributed by atoms with Gasteiger partial charge in [-0.25, -0.2) is 4.98 Å². The van der Waals surface area contributed by atoms with Gasteiger partial charge < -0.3 is 9.32 Å². The quantitative estimate of drug-likeness (QED) is 0.474. The van der Waals surface area contributed by atoms with Crippen molar-refractivity contribution in [1.29, 1.82) is 0 Å². The molecule has 0 N–H and O–H groups in total. The molecule has 0 radical (unpaired) electrons. The zero-order valence-corrected chi connectivity index (χ0v) is 18.6. The average Bonchev–Trinajstić information content (AvgIpc) is 3.27. The number of nitrogens with zero attached hydrogens (tertiary/aromatic N) is 3. The topological polar surface area (TPSA) is 49.6 Å². The number of benzene rings is 2. The standard InChI is InChI=1S/C25H28ClN3O2/c1-19(21-10-4-2-5-11-21)29(16-20-9-8-12-22(26)15-20)17-24-27-23(18-31-24)25(30)28-13-6-3-7-14-28/h2,4-5,8-12,15,18-19H,3,6-7,13-14,16-17H2,1H3. The van der Waals surface area contributed by atoms with E-state index in [2.05, 4.69) is 35.0 Å². The second-order valence-corrected chi connectivity index (χ2v) is 8.54. The summed E-state index contributed by atoms with van der Waals surface area (Å²) >= 11 is 6.21. The van der Waals surface area contributed by atoms with Gasteiger partial charge in [-0.1, -0.05) is 54.1 Å². The Kier molecular flexibility index (Phi) is 7.05. The Labute approximate surface area is 188 Å². The number of likely N-dealkylation sites (tertiary alicyclic amines) is 1. The van der Waals surface area contributed by atoms with Gasteiger partial charge in [0.1, 0.15) is 6.26 Å². The van der Waals surface area contributed by atoms with Crippen LogP contribution < -0.4 is 0 Å². The molecule has 0 aliphatic carbocycles. The van der Waals surface area contributed by atoms with Gasteiger partial charge in [0, 0.05) is 30.7 Å². The van der Waals surface area contributed by atoms with Crippen LogP contribution in [0.1, 0.15) is 59.7 Å². The maximum Gasteiger partial charge on any atom is 0.275 e. The van der Waals surface area contributed by atoms with Crippen molar-refractivity contribution in [1.82, 2.24) is 14.8 Å². The van der Waals surface area contributed by atoms with E-state index in [0.717, 1.165) is 36.5 Å². The monoisotopic (exact) mass is 437 g/mol. The summed E-state index contributed by atoms with van der Waals surface area (Å²) in [5.74, 6) is 0.511.